The topological polar surface area (TPSA) is 69.9 Å². The van der Waals surface area contributed by atoms with Crippen molar-refractivity contribution < 1.29 is 14.3 Å². The van der Waals surface area contributed by atoms with E-state index in [-0.39, 0.29) is 11.7 Å². The highest BCUT2D eigenvalue weighted by Crippen LogP contribution is 2.32. The summed E-state index contributed by atoms with van der Waals surface area (Å²) in [4.78, 5) is 33.2. The number of benzene rings is 2. The van der Waals surface area contributed by atoms with E-state index in [0.717, 1.165) is 16.0 Å². The van der Waals surface area contributed by atoms with Crippen molar-refractivity contribution in [2.24, 2.45) is 4.99 Å². The van der Waals surface area contributed by atoms with E-state index in [1.54, 1.807) is 37.1 Å². The smallest absolute Gasteiger partial charge is 0.338 e. The largest absolute Gasteiger partial charge is 0.493 e. The van der Waals surface area contributed by atoms with Gasteiger partial charge in [-0.2, -0.15) is 0 Å². The number of aromatic nitrogens is 1. The van der Waals surface area contributed by atoms with Gasteiger partial charge >= 0.3 is 5.97 Å². The second-order valence-electron chi connectivity index (χ2n) is 8.28. The monoisotopic (exact) mass is 508 g/mol. The van der Waals surface area contributed by atoms with Gasteiger partial charge in [-0.1, -0.05) is 41.7 Å². The van der Waals surface area contributed by atoms with Crippen LogP contribution in [0.2, 0.25) is 0 Å². The fourth-order valence-corrected chi connectivity index (χ4v) is 5.44. The van der Waals surface area contributed by atoms with Crippen LogP contribution in [-0.2, 0) is 9.53 Å². The lowest BCUT2D eigenvalue weighted by atomic mass is 9.96. The van der Waals surface area contributed by atoms with Gasteiger partial charge in [0.25, 0.3) is 5.56 Å². The Kier molecular flexibility index (Phi) is 7.62. The van der Waals surface area contributed by atoms with E-state index in [0.29, 0.717) is 33.0 Å². The molecule has 0 aliphatic carbocycles. The molecule has 1 atom stereocenters. The van der Waals surface area contributed by atoms with E-state index in [1.165, 1.54) is 11.3 Å². The molecular weight excluding hydrogens is 480 g/mol. The molecule has 35 heavy (non-hydrogen) atoms. The maximum Gasteiger partial charge on any atom is 0.338 e. The normalized spacial score (nSPS) is 15.7. The van der Waals surface area contributed by atoms with Gasteiger partial charge in [0.05, 0.1) is 34.6 Å². The van der Waals surface area contributed by atoms with E-state index < -0.39 is 12.0 Å². The number of carbonyl (C=O) groups excluding carboxylic acids is 1. The van der Waals surface area contributed by atoms with Crippen molar-refractivity contribution in [2.75, 3.05) is 12.9 Å². The summed E-state index contributed by atoms with van der Waals surface area (Å²) in [6.45, 7) is 7.86. The fraction of sp³-hybridized carbons (Fsp3) is 0.296. The highest BCUT2D eigenvalue weighted by molar-refractivity contribution is 7.98. The summed E-state index contributed by atoms with van der Waals surface area (Å²) in [5, 5.41) is 0. The number of esters is 1. The first kappa shape index (κ1) is 25.0. The number of fused-ring (bicyclic) bond motifs is 1. The minimum absolute atomic E-state index is 0.207. The molecule has 0 radical (unpaired) electrons. The van der Waals surface area contributed by atoms with Crippen LogP contribution in [0.4, 0.5) is 0 Å². The molecule has 8 heteroatoms. The van der Waals surface area contributed by atoms with E-state index in [4.69, 9.17) is 9.47 Å². The lowest BCUT2D eigenvalue weighted by molar-refractivity contribution is -0.143. The number of allylic oxidation sites excluding steroid dienone is 1. The number of nitrogens with zero attached hydrogens (tertiary/aromatic N) is 2. The summed E-state index contributed by atoms with van der Waals surface area (Å²) in [5.74, 6) is 0.249. The standard InChI is InChI=1S/C27H28N2O4S2/c1-6-32-21-10-8-7-9-19(21)15-22-25(30)29-24(18-11-13-20(34-5)14-12-18)23(26(31)33-16(2)3)17(4)28-27(29)35-22/h7-16,24H,6H2,1-5H3. The summed E-state index contributed by atoms with van der Waals surface area (Å²) < 4.78 is 13.4. The molecule has 0 spiro atoms. The molecule has 0 amide bonds. The molecule has 1 aliphatic rings. The van der Waals surface area contributed by atoms with Crippen molar-refractivity contribution in [1.82, 2.24) is 4.57 Å². The van der Waals surface area contributed by atoms with Crippen LogP contribution in [0, 0.1) is 0 Å². The minimum Gasteiger partial charge on any atom is -0.493 e. The lowest BCUT2D eigenvalue weighted by Gasteiger charge is -2.25. The average Bonchev–Trinajstić information content (AvgIpc) is 3.13. The molecule has 0 fully saturated rings. The molecule has 0 saturated heterocycles. The van der Waals surface area contributed by atoms with Crippen molar-refractivity contribution in [2.45, 2.75) is 44.7 Å². The number of thiazole rings is 1. The van der Waals surface area contributed by atoms with E-state index in [1.807, 2.05) is 67.8 Å². The highest BCUT2D eigenvalue weighted by atomic mass is 32.2. The van der Waals surface area contributed by atoms with Gasteiger partial charge in [0, 0.05) is 10.5 Å². The summed E-state index contributed by atoms with van der Waals surface area (Å²) in [5.41, 5.74) is 2.37. The van der Waals surface area contributed by atoms with Crippen molar-refractivity contribution in [3.63, 3.8) is 0 Å². The molecule has 2 aromatic carbocycles. The first-order valence-electron chi connectivity index (χ1n) is 11.4. The third kappa shape index (κ3) is 5.13. The zero-order chi connectivity index (χ0) is 25.1. The number of para-hydroxylation sites is 1. The minimum atomic E-state index is -0.627. The quantitative estimate of drug-likeness (QED) is 0.351. The fourth-order valence-electron chi connectivity index (χ4n) is 3.99. The van der Waals surface area contributed by atoms with Crippen molar-refractivity contribution in [3.8, 4) is 5.75 Å². The zero-order valence-corrected chi connectivity index (χ0v) is 22.0. The Labute approximate surface area is 212 Å². The zero-order valence-electron chi connectivity index (χ0n) is 20.4. The molecule has 2 heterocycles. The molecule has 0 N–H and O–H groups in total. The maximum absolute atomic E-state index is 13.8. The van der Waals surface area contributed by atoms with Gasteiger partial charge in [-0.25, -0.2) is 9.79 Å². The number of rotatable bonds is 7. The second kappa shape index (κ2) is 10.7. The molecule has 1 unspecified atom stereocenters. The van der Waals surface area contributed by atoms with Crippen LogP contribution in [0.25, 0.3) is 6.08 Å². The van der Waals surface area contributed by atoms with Gasteiger partial charge in [0.2, 0.25) is 0 Å². The van der Waals surface area contributed by atoms with Crippen LogP contribution in [0.15, 0.2) is 74.5 Å². The van der Waals surface area contributed by atoms with E-state index in [2.05, 4.69) is 4.99 Å². The summed E-state index contributed by atoms with van der Waals surface area (Å²) in [6.07, 6.45) is 3.55. The van der Waals surface area contributed by atoms with E-state index >= 15 is 0 Å². The predicted molar refractivity (Wildman–Crippen MR) is 141 cm³/mol. The molecule has 3 aromatic rings. The molecule has 182 valence electrons. The Bertz CT molecular complexity index is 1450. The Morgan fingerprint density at radius 1 is 1.20 bits per heavy atom. The van der Waals surface area contributed by atoms with Crippen molar-refractivity contribution in [3.05, 3.63) is 90.6 Å². The molecule has 4 rings (SSSR count). The number of carbonyl (C=O) groups is 1. The molecule has 6 nitrogen and oxygen atoms in total. The average molecular weight is 509 g/mol. The third-order valence-electron chi connectivity index (χ3n) is 5.52. The summed E-state index contributed by atoms with van der Waals surface area (Å²) in [6, 6.07) is 14.9. The van der Waals surface area contributed by atoms with Gasteiger partial charge in [-0.05, 0) is 63.8 Å². The van der Waals surface area contributed by atoms with Crippen LogP contribution < -0.4 is 19.6 Å². The van der Waals surface area contributed by atoms with Crippen LogP contribution >= 0.6 is 23.1 Å². The first-order chi connectivity index (χ1) is 16.8. The number of hydrogen-bond donors (Lipinski definition) is 0. The summed E-state index contributed by atoms with van der Waals surface area (Å²) in [7, 11) is 0. The highest BCUT2D eigenvalue weighted by Gasteiger charge is 2.33. The molecule has 0 bridgehead atoms. The van der Waals surface area contributed by atoms with Gasteiger partial charge in [-0.15, -0.1) is 11.8 Å². The molecular formula is C27H28N2O4S2. The third-order valence-corrected chi connectivity index (χ3v) is 7.25. The molecule has 1 aliphatic heterocycles. The Morgan fingerprint density at radius 3 is 2.57 bits per heavy atom. The van der Waals surface area contributed by atoms with Gasteiger partial charge in [-0.3, -0.25) is 9.36 Å². The van der Waals surface area contributed by atoms with Crippen LogP contribution in [0.1, 0.15) is 44.9 Å². The van der Waals surface area contributed by atoms with Gasteiger partial charge < -0.3 is 9.47 Å². The lowest BCUT2D eigenvalue weighted by Crippen LogP contribution is -2.40. The van der Waals surface area contributed by atoms with Crippen LogP contribution in [0.3, 0.4) is 0 Å². The Balaban J connectivity index is 1.93. The SMILES string of the molecule is CCOc1ccccc1C=c1sc2n(c1=O)C(c1ccc(SC)cc1)C(C(=O)OC(C)C)=C(C)N=2. The number of hydrogen-bond acceptors (Lipinski definition) is 7. The van der Waals surface area contributed by atoms with Gasteiger partial charge in [0.15, 0.2) is 4.80 Å². The predicted octanol–water partition coefficient (Wildman–Crippen LogP) is 4.31. The van der Waals surface area contributed by atoms with Crippen molar-refractivity contribution in [1.29, 1.82) is 0 Å². The molecule has 0 saturated carbocycles. The summed E-state index contributed by atoms with van der Waals surface area (Å²) >= 11 is 2.94. The molecule has 1 aromatic heterocycles. The Morgan fingerprint density at radius 2 is 1.91 bits per heavy atom. The number of ether oxygens (including phenoxy) is 2. The van der Waals surface area contributed by atoms with Crippen LogP contribution in [0.5, 0.6) is 5.75 Å². The van der Waals surface area contributed by atoms with E-state index in [9.17, 15) is 9.59 Å². The maximum atomic E-state index is 13.8. The van der Waals surface area contributed by atoms with Gasteiger partial charge in [0.1, 0.15) is 5.75 Å². The first-order valence-corrected chi connectivity index (χ1v) is 13.5. The Hall–Kier alpha value is -3.10. The second-order valence-corrected chi connectivity index (χ2v) is 10.2. The van der Waals surface area contributed by atoms with Crippen molar-refractivity contribution >= 4 is 35.1 Å². The van der Waals surface area contributed by atoms with Crippen LogP contribution in [-0.4, -0.2) is 29.5 Å². The number of thioether (sulfide) groups is 1.